The molecule has 1 N–H and O–H groups in total. The minimum absolute atomic E-state index is 0.399. The molecule has 2 aromatic rings. The number of nitrogens with one attached hydrogen (secondary N) is 1. The number of hydrogen-bond acceptors (Lipinski definition) is 3. The molecule has 2 nitrogen and oxygen atoms in total. The van der Waals surface area contributed by atoms with Gasteiger partial charge in [0.2, 0.25) is 0 Å². The Morgan fingerprint density at radius 3 is 2.48 bits per heavy atom. The molecule has 0 fully saturated rings. The van der Waals surface area contributed by atoms with E-state index in [1.807, 2.05) is 23.9 Å². The Bertz CT molecular complexity index is 540. The van der Waals surface area contributed by atoms with Crippen molar-refractivity contribution in [3.05, 3.63) is 58.5 Å². The van der Waals surface area contributed by atoms with Crippen LogP contribution in [0.2, 0.25) is 0 Å². The van der Waals surface area contributed by atoms with Crippen LogP contribution in [0.1, 0.15) is 41.0 Å². The second-order valence-corrected chi connectivity index (χ2v) is 6.55. The number of furan rings is 1. The first-order chi connectivity index (χ1) is 10.1. The third kappa shape index (κ3) is 4.39. The van der Waals surface area contributed by atoms with Gasteiger partial charge >= 0.3 is 0 Å². The van der Waals surface area contributed by atoms with E-state index in [9.17, 15) is 0 Å². The summed E-state index contributed by atoms with van der Waals surface area (Å²) < 4.78 is 5.40. The lowest BCUT2D eigenvalue weighted by atomic mass is 9.95. The van der Waals surface area contributed by atoms with Gasteiger partial charge in [-0.25, -0.2) is 0 Å². The number of aryl methyl sites for hydroxylation is 3. The van der Waals surface area contributed by atoms with E-state index in [0.29, 0.717) is 6.04 Å². The van der Waals surface area contributed by atoms with E-state index in [1.165, 1.54) is 22.3 Å². The Morgan fingerprint density at radius 2 is 1.90 bits per heavy atom. The van der Waals surface area contributed by atoms with Crippen molar-refractivity contribution >= 4 is 11.8 Å². The Balaban J connectivity index is 2.07. The van der Waals surface area contributed by atoms with Crippen LogP contribution in [-0.4, -0.2) is 12.3 Å². The smallest absolute Gasteiger partial charge is 0.113 e. The molecule has 1 aromatic carbocycles. The molecular weight excluding hydrogens is 278 g/mol. The van der Waals surface area contributed by atoms with E-state index in [1.54, 1.807) is 6.26 Å². The van der Waals surface area contributed by atoms with Crippen LogP contribution in [0.15, 0.2) is 34.9 Å². The minimum atomic E-state index is 0.399. The van der Waals surface area contributed by atoms with E-state index < -0.39 is 0 Å². The predicted molar refractivity (Wildman–Crippen MR) is 91.9 cm³/mol. The van der Waals surface area contributed by atoms with Crippen LogP contribution in [-0.2, 0) is 5.75 Å². The van der Waals surface area contributed by atoms with Gasteiger partial charge in [-0.05, 0) is 56.1 Å². The zero-order valence-corrected chi connectivity index (χ0v) is 14.2. The van der Waals surface area contributed by atoms with E-state index in [4.69, 9.17) is 4.42 Å². The summed E-state index contributed by atoms with van der Waals surface area (Å²) in [6.07, 6.45) is 1.74. The molecular formula is C18H25NOS. The standard InChI is InChI=1S/C18H25NOS/c1-5-19-17(12-21-11-16-7-6-8-20-16)18-14(3)9-13(2)10-15(18)4/h6-10,17,19H,5,11-12H2,1-4H3. The molecule has 1 atom stereocenters. The highest BCUT2D eigenvalue weighted by atomic mass is 32.2. The van der Waals surface area contributed by atoms with Gasteiger partial charge in [-0.1, -0.05) is 24.6 Å². The monoisotopic (exact) mass is 303 g/mol. The van der Waals surface area contributed by atoms with E-state index in [-0.39, 0.29) is 0 Å². The Kier molecular flexibility index (Phi) is 5.95. The quantitative estimate of drug-likeness (QED) is 0.796. The van der Waals surface area contributed by atoms with Crippen LogP contribution in [0.5, 0.6) is 0 Å². The fraction of sp³-hybridized carbons (Fsp3) is 0.444. The van der Waals surface area contributed by atoms with E-state index in [2.05, 4.69) is 45.1 Å². The first-order valence-electron chi connectivity index (χ1n) is 7.53. The highest BCUT2D eigenvalue weighted by molar-refractivity contribution is 7.98. The number of rotatable bonds is 7. The van der Waals surface area contributed by atoms with Crippen LogP contribution >= 0.6 is 11.8 Å². The summed E-state index contributed by atoms with van der Waals surface area (Å²) >= 11 is 1.92. The second-order valence-electron chi connectivity index (χ2n) is 5.52. The molecule has 1 heterocycles. The number of thioether (sulfide) groups is 1. The zero-order chi connectivity index (χ0) is 15.2. The summed E-state index contributed by atoms with van der Waals surface area (Å²) in [5.41, 5.74) is 5.57. The first kappa shape index (κ1) is 16.2. The fourth-order valence-electron chi connectivity index (χ4n) is 2.90. The lowest BCUT2D eigenvalue weighted by Gasteiger charge is -2.22. The Hall–Kier alpha value is -1.19. The molecule has 3 heteroatoms. The Morgan fingerprint density at radius 1 is 1.19 bits per heavy atom. The lowest BCUT2D eigenvalue weighted by molar-refractivity contribution is 0.530. The molecule has 114 valence electrons. The summed E-state index contributed by atoms with van der Waals surface area (Å²) in [6, 6.07) is 8.95. The maximum atomic E-state index is 5.40. The predicted octanol–water partition coefficient (Wildman–Crippen LogP) is 4.79. The summed E-state index contributed by atoms with van der Waals surface area (Å²) in [7, 11) is 0. The SMILES string of the molecule is CCNC(CSCc1ccco1)c1c(C)cc(C)cc1C. The van der Waals surface area contributed by atoms with Gasteiger partial charge in [0.05, 0.1) is 12.0 Å². The largest absolute Gasteiger partial charge is 0.468 e. The average molecular weight is 303 g/mol. The summed E-state index contributed by atoms with van der Waals surface area (Å²) in [5.74, 6) is 3.03. The lowest BCUT2D eigenvalue weighted by Crippen LogP contribution is -2.24. The summed E-state index contributed by atoms with van der Waals surface area (Å²) in [6.45, 7) is 9.76. The topological polar surface area (TPSA) is 25.2 Å². The average Bonchev–Trinajstić information content (AvgIpc) is 2.90. The Labute approximate surface area is 132 Å². The van der Waals surface area contributed by atoms with Crippen molar-refractivity contribution in [1.82, 2.24) is 5.32 Å². The molecule has 0 saturated carbocycles. The van der Waals surface area contributed by atoms with E-state index in [0.717, 1.165) is 23.8 Å². The molecule has 1 unspecified atom stereocenters. The van der Waals surface area contributed by atoms with Gasteiger partial charge in [0, 0.05) is 11.8 Å². The van der Waals surface area contributed by atoms with Crippen molar-refractivity contribution in [2.45, 2.75) is 39.5 Å². The van der Waals surface area contributed by atoms with Crippen molar-refractivity contribution in [3.8, 4) is 0 Å². The highest BCUT2D eigenvalue weighted by Gasteiger charge is 2.16. The van der Waals surface area contributed by atoms with Crippen molar-refractivity contribution in [2.75, 3.05) is 12.3 Å². The van der Waals surface area contributed by atoms with Gasteiger partial charge in [0.25, 0.3) is 0 Å². The van der Waals surface area contributed by atoms with Crippen molar-refractivity contribution in [1.29, 1.82) is 0 Å². The maximum Gasteiger partial charge on any atom is 0.113 e. The molecule has 0 aliphatic rings. The van der Waals surface area contributed by atoms with Gasteiger partial charge in [-0.2, -0.15) is 11.8 Å². The van der Waals surface area contributed by atoms with Crippen molar-refractivity contribution in [2.24, 2.45) is 0 Å². The van der Waals surface area contributed by atoms with Gasteiger partial charge < -0.3 is 9.73 Å². The third-order valence-electron chi connectivity index (χ3n) is 3.65. The maximum absolute atomic E-state index is 5.40. The normalized spacial score (nSPS) is 12.6. The molecule has 0 spiro atoms. The van der Waals surface area contributed by atoms with Gasteiger partial charge in [0.15, 0.2) is 0 Å². The molecule has 0 saturated heterocycles. The third-order valence-corrected chi connectivity index (χ3v) is 4.70. The van der Waals surface area contributed by atoms with E-state index >= 15 is 0 Å². The fourth-order valence-corrected chi connectivity index (χ4v) is 3.91. The first-order valence-corrected chi connectivity index (χ1v) is 8.68. The van der Waals surface area contributed by atoms with Crippen LogP contribution in [0.25, 0.3) is 0 Å². The van der Waals surface area contributed by atoms with Gasteiger partial charge in [-0.15, -0.1) is 0 Å². The highest BCUT2D eigenvalue weighted by Crippen LogP contribution is 2.27. The van der Waals surface area contributed by atoms with Crippen LogP contribution in [0, 0.1) is 20.8 Å². The molecule has 21 heavy (non-hydrogen) atoms. The minimum Gasteiger partial charge on any atom is -0.468 e. The van der Waals surface area contributed by atoms with Crippen LogP contribution in [0.3, 0.4) is 0 Å². The molecule has 1 aromatic heterocycles. The van der Waals surface area contributed by atoms with Crippen molar-refractivity contribution < 1.29 is 4.42 Å². The molecule has 0 aliphatic heterocycles. The van der Waals surface area contributed by atoms with Gasteiger partial charge in [0.1, 0.15) is 5.76 Å². The molecule has 0 radical (unpaired) electrons. The van der Waals surface area contributed by atoms with Crippen LogP contribution in [0.4, 0.5) is 0 Å². The number of benzene rings is 1. The summed E-state index contributed by atoms with van der Waals surface area (Å²) in [4.78, 5) is 0. The number of hydrogen-bond donors (Lipinski definition) is 1. The molecule has 2 rings (SSSR count). The van der Waals surface area contributed by atoms with Gasteiger partial charge in [-0.3, -0.25) is 0 Å². The zero-order valence-electron chi connectivity index (χ0n) is 13.4. The molecule has 0 bridgehead atoms. The molecule has 0 aliphatic carbocycles. The van der Waals surface area contributed by atoms with Crippen LogP contribution < -0.4 is 5.32 Å². The molecule has 0 amide bonds. The van der Waals surface area contributed by atoms with Crippen molar-refractivity contribution in [3.63, 3.8) is 0 Å². The summed E-state index contributed by atoms with van der Waals surface area (Å²) in [5, 5.41) is 3.63. The second kappa shape index (κ2) is 7.71.